The van der Waals surface area contributed by atoms with Crippen LogP contribution in [0, 0.1) is 0 Å². The van der Waals surface area contributed by atoms with E-state index >= 15 is 0 Å². The Morgan fingerprint density at radius 2 is 1.92 bits per heavy atom. The lowest BCUT2D eigenvalue weighted by Gasteiger charge is -2.18. The molecule has 1 aliphatic heterocycles. The zero-order chi connectivity index (χ0) is 17.3. The van der Waals surface area contributed by atoms with Gasteiger partial charge in [0, 0.05) is 22.3 Å². The van der Waals surface area contributed by atoms with E-state index in [9.17, 15) is 4.79 Å². The van der Waals surface area contributed by atoms with Crippen LogP contribution in [0.5, 0.6) is 0 Å². The molecule has 2 aliphatic rings. The van der Waals surface area contributed by atoms with Gasteiger partial charge < -0.3 is 4.98 Å². The van der Waals surface area contributed by atoms with Gasteiger partial charge >= 0.3 is 0 Å². The van der Waals surface area contributed by atoms with Crippen molar-refractivity contribution in [2.45, 2.75) is 45.1 Å². The summed E-state index contributed by atoms with van der Waals surface area (Å²) in [4.78, 5) is 24.2. The van der Waals surface area contributed by atoms with Gasteiger partial charge in [-0.1, -0.05) is 24.6 Å². The van der Waals surface area contributed by atoms with Gasteiger partial charge in [0.15, 0.2) is 5.82 Å². The molecule has 0 unspecified atom stereocenters. The molecule has 26 heavy (non-hydrogen) atoms. The molecule has 0 fully saturated rings. The van der Waals surface area contributed by atoms with E-state index < -0.39 is 0 Å². The van der Waals surface area contributed by atoms with Gasteiger partial charge in [0.2, 0.25) is 0 Å². The van der Waals surface area contributed by atoms with Crippen LogP contribution in [-0.4, -0.2) is 14.5 Å². The quantitative estimate of drug-likeness (QED) is 0.471. The third-order valence-electron chi connectivity index (χ3n) is 5.95. The number of aryl methyl sites for hydroxylation is 3. The fraction of sp³-hybridized carbons (Fsp3) is 0.333. The Labute approximate surface area is 154 Å². The standard InChI is InChI=1S/C21H19N3OS/c25-21-17-14-7-2-1-3-9-16(14)26-20(17)23-19-18-13(10-11-24(19)21)12-6-4-5-8-15(12)22-18/h4-6,8,22H,1-3,7,9-11H2. The van der Waals surface area contributed by atoms with Gasteiger partial charge in [0.1, 0.15) is 4.83 Å². The van der Waals surface area contributed by atoms with Crippen molar-refractivity contribution in [1.82, 2.24) is 14.5 Å². The Morgan fingerprint density at radius 3 is 2.88 bits per heavy atom. The first-order valence-electron chi connectivity index (χ1n) is 9.46. The summed E-state index contributed by atoms with van der Waals surface area (Å²) in [7, 11) is 0. The van der Waals surface area contributed by atoms with Crippen molar-refractivity contribution >= 4 is 32.5 Å². The van der Waals surface area contributed by atoms with Gasteiger partial charge in [-0.15, -0.1) is 11.3 Å². The van der Waals surface area contributed by atoms with Crippen molar-refractivity contribution in [1.29, 1.82) is 0 Å². The molecule has 130 valence electrons. The topological polar surface area (TPSA) is 50.7 Å². The van der Waals surface area contributed by atoms with E-state index in [2.05, 4.69) is 23.2 Å². The Bertz CT molecular complexity index is 1240. The van der Waals surface area contributed by atoms with Gasteiger partial charge in [-0.3, -0.25) is 9.36 Å². The highest BCUT2D eigenvalue weighted by molar-refractivity contribution is 7.18. The molecule has 0 amide bonds. The average Bonchev–Trinajstić information content (AvgIpc) is 3.12. The molecule has 0 saturated heterocycles. The third-order valence-corrected chi connectivity index (χ3v) is 7.13. The number of para-hydroxylation sites is 1. The SMILES string of the molecule is O=c1c2c3c(sc2nc2n1CCc1c-2[nH]c2ccccc12)CCCCC3. The molecular weight excluding hydrogens is 342 g/mol. The molecule has 3 aromatic heterocycles. The molecule has 6 rings (SSSR count). The van der Waals surface area contributed by atoms with E-state index in [1.54, 1.807) is 11.3 Å². The van der Waals surface area contributed by atoms with Crippen molar-refractivity contribution in [3.05, 3.63) is 50.6 Å². The largest absolute Gasteiger partial charge is 0.352 e. The zero-order valence-corrected chi connectivity index (χ0v) is 15.3. The number of aromatic amines is 1. The molecule has 0 spiro atoms. The van der Waals surface area contributed by atoms with E-state index in [1.807, 2.05) is 10.6 Å². The maximum absolute atomic E-state index is 13.4. The van der Waals surface area contributed by atoms with Crippen LogP contribution in [0.4, 0.5) is 0 Å². The van der Waals surface area contributed by atoms with Crippen LogP contribution >= 0.6 is 11.3 Å². The summed E-state index contributed by atoms with van der Waals surface area (Å²) in [5, 5.41) is 2.15. The summed E-state index contributed by atoms with van der Waals surface area (Å²) >= 11 is 1.74. The Balaban J connectivity index is 1.67. The lowest BCUT2D eigenvalue weighted by Crippen LogP contribution is -2.27. The van der Waals surface area contributed by atoms with Crippen LogP contribution in [0.15, 0.2) is 29.1 Å². The van der Waals surface area contributed by atoms with Crippen molar-refractivity contribution in [3.63, 3.8) is 0 Å². The molecule has 0 bridgehead atoms. The fourth-order valence-corrected chi connectivity index (χ4v) is 5.94. The van der Waals surface area contributed by atoms with Crippen molar-refractivity contribution in [2.75, 3.05) is 0 Å². The van der Waals surface area contributed by atoms with Crippen LogP contribution in [0.25, 0.3) is 32.6 Å². The summed E-state index contributed by atoms with van der Waals surface area (Å²) in [5.41, 5.74) is 4.90. The molecule has 1 N–H and O–H groups in total. The second-order valence-corrected chi connectivity index (χ2v) is 8.49. The summed E-state index contributed by atoms with van der Waals surface area (Å²) < 4.78 is 1.90. The Morgan fingerprint density at radius 1 is 1.04 bits per heavy atom. The average molecular weight is 361 g/mol. The molecule has 0 radical (unpaired) electrons. The van der Waals surface area contributed by atoms with E-state index in [4.69, 9.17) is 4.98 Å². The van der Waals surface area contributed by atoms with E-state index in [-0.39, 0.29) is 5.56 Å². The number of H-pyrrole nitrogens is 1. The second-order valence-electron chi connectivity index (χ2n) is 7.41. The molecular formula is C21H19N3OS. The predicted octanol–water partition coefficient (Wildman–Crippen LogP) is 4.43. The molecule has 0 atom stereocenters. The lowest BCUT2D eigenvalue weighted by molar-refractivity contribution is 0.653. The van der Waals surface area contributed by atoms with Crippen molar-refractivity contribution < 1.29 is 0 Å². The van der Waals surface area contributed by atoms with Gasteiger partial charge in [0.05, 0.1) is 11.1 Å². The van der Waals surface area contributed by atoms with E-state index in [0.717, 1.165) is 53.1 Å². The predicted molar refractivity (Wildman–Crippen MR) is 106 cm³/mol. The maximum Gasteiger partial charge on any atom is 0.262 e. The minimum atomic E-state index is 0.161. The zero-order valence-electron chi connectivity index (χ0n) is 14.5. The summed E-state index contributed by atoms with van der Waals surface area (Å²) in [6.45, 7) is 0.719. The molecule has 1 aliphatic carbocycles. The maximum atomic E-state index is 13.4. The van der Waals surface area contributed by atoms with Gasteiger partial charge in [-0.2, -0.15) is 0 Å². The normalized spacial score (nSPS) is 16.3. The highest BCUT2D eigenvalue weighted by atomic mass is 32.1. The van der Waals surface area contributed by atoms with E-state index in [1.165, 1.54) is 40.7 Å². The molecule has 4 aromatic rings. The smallest absolute Gasteiger partial charge is 0.262 e. The first kappa shape index (κ1) is 14.7. The Kier molecular flexibility index (Phi) is 3.00. The Hall–Kier alpha value is -2.40. The number of fused-ring (bicyclic) bond motifs is 8. The van der Waals surface area contributed by atoms with Gasteiger partial charge in [-0.25, -0.2) is 4.98 Å². The number of thiophene rings is 1. The van der Waals surface area contributed by atoms with Crippen LogP contribution in [0.2, 0.25) is 0 Å². The monoisotopic (exact) mass is 361 g/mol. The number of nitrogens with zero attached hydrogens (tertiary/aromatic N) is 2. The highest BCUT2D eigenvalue weighted by Crippen LogP contribution is 2.37. The lowest BCUT2D eigenvalue weighted by atomic mass is 10.0. The second kappa shape index (κ2) is 5.30. The van der Waals surface area contributed by atoms with Crippen LogP contribution < -0.4 is 5.56 Å². The summed E-state index contributed by atoms with van der Waals surface area (Å²) in [5.74, 6) is 0.816. The molecule has 5 heteroatoms. The first-order valence-corrected chi connectivity index (χ1v) is 10.3. The van der Waals surface area contributed by atoms with Gasteiger partial charge in [0.25, 0.3) is 5.56 Å². The summed E-state index contributed by atoms with van der Waals surface area (Å²) in [6, 6.07) is 8.38. The first-order chi connectivity index (χ1) is 12.8. The molecule has 4 nitrogen and oxygen atoms in total. The van der Waals surface area contributed by atoms with Crippen molar-refractivity contribution in [2.24, 2.45) is 0 Å². The van der Waals surface area contributed by atoms with Crippen molar-refractivity contribution in [3.8, 4) is 11.5 Å². The number of rotatable bonds is 0. The van der Waals surface area contributed by atoms with Crippen LogP contribution in [0.1, 0.15) is 35.3 Å². The number of nitrogens with one attached hydrogen (secondary N) is 1. The highest BCUT2D eigenvalue weighted by Gasteiger charge is 2.26. The number of benzene rings is 1. The summed E-state index contributed by atoms with van der Waals surface area (Å²) in [6.07, 6.45) is 6.69. The fourth-order valence-electron chi connectivity index (χ4n) is 4.69. The number of aromatic nitrogens is 3. The van der Waals surface area contributed by atoms with Crippen LogP contribution in [-0.2, 0) is 25.8 Å². The molecule has 1 aromatic carbocycles. The molecule has 0 saturated carbocycles. The molecule has 4 heterocycles. The number of hydrogen-bond acceptors (Lipinski definition) is 3. The van der Waals surface area contributed by atoms with Gasteiger partial charge in [-0.05, 0) is 49.3 Å². The minimum Gasteiger partial charge on any atom is -0.352 e. The van der Waals surface area contributed by atoms with Crippen LogP contribution in [0.3, 0.4) is 0 Å². The number of hydrogen-bond donors (Lipinski definition) is 1. The third kappa shape index (κ3) is 1.89. The minimum absolute atomic E-state index is 0.161. The van der Waals surface area contributed by atoms with E-state index in [0.29, 0.717) is 0 Å².